The Morgan fingerprint density at radius 1 is 1.29 bits per heavy atom. The fourth-order valence-electron chi connectivity index (χ4n) is 3.40. The van der Waals surface area contributed by atoms with E-state index in [9.17, 15) is 12.8 Å². The van der Waals surface area contributed by atoms with Crippen LogP contribution in [0.15, 0.2) is 28.6 Å². The first-order valence-corrected chi connectivity index (χ1v) is 12.3. The van der Waals surface area contributed by atoms with Gasteiger partial charge in [-0.1, -0.05) is 18.0 Å². The highest BCUT2D eigenvalue weighted by atomic mass is 35.5. The summed E-state index contributed by atoms with van der Waals surface area (Å²) in [6.45, 7) is 4.00. The molecular formula is C19H25ClFN3O2S2. The third-order valence-corrected chi connectivity index (χ3v) is 7.97. The van der Waals surface area contributed by atoms with Gasteiger partial charge in [-0.3, -0.25) is 0 Å². The summed E-state index contributed by atoms with van der Waals surface area (Å²) in [4.78, 5) is 6.00. The number of nitrogens with two attached hydrogens (primary N) is 1. The first-order chi connectivity index (χ1) is 13.4. The van der Waals surface area contributed by atoms with Crippen LogP contribution < -0.4 is 5.73 Å². The molecule has 1 aliphatic heterocycles. The zero-order valence-electron chi connectivity index (χ0n) is 15.6. The first kappa shape index (κ1) is 21.6. The third kappa shape index (κ3) is 5.51. The molecule has 28 heavy (non-hydrogen) atoms. The number of hydrogen-bond acceptors (Lipinski definition) is 6. The van der Waals surface area contributed by atoms with Gasteiger partial charge in [0.05, 0.1) is 0 Å². The Hall–Kier alpha value is -1.06. The van der Waals surface area contributed by atoms with Gasteiger partial charge < -0.3 is 10.6 Å². The van der Waals surface area contributed by atoms with Crippen LogP contribution >= 0.6 is 22.9 Å². The molecule has 2 N–H and O–H groups in total. The van der Waals surface area contributed by atoms with Gasteiger partial charge in [0.1, 0.15) is 21.5 Å². The van der Waals surface area contributed by atoms with Gasteiger partial charge in [0.25, 0.3) is 0 Å². The van der Waals surface area contributed by atoms with Crippen molar-refractivity contribution in [1.82, 2.24) is 9.88 Å². The Morgan fingerprint density at radius 2 is 2.07 bits per heavy atom. The molecule has 0 spiro atoms. The first-order valence-electron chi connectivity index (χ1n) is 9.40. The number of unbranched alkanes of at least 4 members (excludes halogenated alkanes) is 2. The van der Waals surface area contributed by atoms with Gasteiger partial charge in [0.15, 0.2) is 9.84 Å². The number of nitrogens with zero attached hydrogens (tertiary/aromatic N) is 2. The van der Waals surface area contributed by atoms with Gasteiger partial charge in [-0.2, -0.15) is 0 Å². The Kier molecular flexibility index (Phi) is 7.44. The smallest absolute Gasteiger partial charge is 0.187 e. The normalized spacial score (nSPS) is 15.7. The minimum Gasteiger partial charge on any atom is -0.330 e. The summed E-state index contributed by atoms with van der Waals surface area (Å²) >= 11 is 7.48. The quantitative estimate of drug-likeness (QED) is 0.566. The zero-order chi connectivity index (χ0) is 20.1. The number of thiazole rings is 1. The minimum absolute atomic E-state index is 0.299. The summed E-state index contributed by atoms with van der Waals surface area (Å²) in [6.07, 6.45) is 5.15. The Balaban J connectivity index is 1.52. The number of halogens is 2. The fourth-order valence-corrected chi connectivity index (χ4v) is 6.07. The number of hydrogen-bond donors (Lipinski definition) is 1. The van der Waals surface area contributed by atoms with Gasteiger partial charge >= 0.3 is 0 Å². The summed E-state index contributed by atoms with van der Waals surface area (Å²) < 4.78 is 39.5. The second-order valence-corrected chi connectivity index (χ2v) is 10.6. The van der Waals surface area contributed by atoms with Crippen molar-refractivity contribution in [3.63, 3.8) is 0 Å². The van der Waals surface area contributed by atoms with Gasteiger partial charge in [0.2, 0.25) is 0 Å². The SMILES string of the molecule is NCC1CN(CCCCCc2cc(F)c(S(=O)(=O)Cc3nccs3)cc2Cl)C1. The molecule has 9 heteroatoms. The van der Waals surface area contributed by atoms with E-state index in [-0.39, 0.29) is 10.6 Å². The molecule has 0 unspecified atom stereocenters. The zero-order valence-corrected chi connectivity index (χ0v) is 18.0. The molecule has 0 atom stereocenters. The molecule has 0 amide bonds. The molecule has 2 heterocycles. The number of likely N-dealkylation sites (tertiary alicyclic amines) is 1. The second kappa shape index (κ2) is 9.63. The van der Waals surface area contributed by atoms with Crippen LogP contribution in [0.5, 0.6) is 0 Å². The van der Waals surface area contributed by atoms with Crippen LogP contribution in [0.3, 0.4) is 0 Å². The highest BCUT2D eigenvalue weighted by molar-refractivity contribution is 7.90. The molecule has 5 nitrogen and oxygen atoms in total. The maximum Gasteiger partial charge on any atom is 0.187 e. The van der Waals surface area contributed by atoms with Crippen molar-refractivity contribution in [3.8, 4) is 0 Å². The van der Waals surface area contributed by atoms with Crippen LogP contribution in [0.25, 0.3) is 0 Å². The number of aromatic nitrogens is 1. The Morgan fingerprint density at radius 3 is 2.75 bits per heavy atom. The largest absolute Gasteiger partial charge is 0.330 e. The van der Waals surface area contributed by atoms with E-state index in [4.69, 9.17) is 17.3 Å². The molecule has 1 aliphatic rings. The lowest BCUT2D eigenvalue weighted by Gasteiger charge is -2.38. The van der Waals surface area contributed by atoms with Crippen LogP contribution in [0.1, 0.15) is 29.8 Å². The van der Waals surface area contributed by atoms with Crippen molar-refractivity contribution < 1.29 is 12.8 Å². The molecule has 1 fully saturated rings. The second-order valence-electron chi connectivity index (χ2n) is 7.23. The fraction of sp³-hybridized carbons (Fsp3) is 0.526. The number of sulfone groups is 1. The van der Waals surface area contributed by atoms with E-state index in [2.05, 4.69) is 9.88 Å². The van der Waals surface area contributed by atoms with Gasteiger partial charge in [-0.25, -0.2) is 17.8 Å². The molecule has 2 aromatic rings. The van der Waals surface area contributed by atoms with Gasteiger partial charge in [-0.05, 0) is 56.0 Å². The molecule has 0 bridgehead atoms. The van der Waals surface area contributed by atoms with Crippen molar-refractivity contribution in [2.45, 2.75) is 36.3 Å². The van der Waals surface area contributed by atoms with Crippen molar-refractivity contribution in [2.24, 2.45) is 11.7 Å². The van der Waals surface area contributed by atoms with Crippen LogP contribution in [0.4, 0.5) is 4.39 Å². The molecule has 0 radical (unpaired) electrons. The van der Waals surface area contributed by atoms with E-state index in [1.54, 1.807) is 5.38 Å². The number of benzene rings is 1. The molecule has 1 aromatic carbocycles. The van der Waals surface area contributed by atoms with E-state index in [0.29, 0.717) is 27.9 Å². The molecule has 1 saturated heterocycles. The van der Waals surface area contributed by atoms with E-state index >= 15 is 0 Å². The van der Waals surface area contributed by atoms with Crippen LogP contribution in [-0.4, -0.2) is 44.5 Å². The van der Waals surface area contributed by atoms with Crippen molar-refractivity contribution in [1.29, 1.82) is 0 Å². The highest BCUT2D eigenvalue weighted by Gasteiger charge is 2.24. The van der Waals surface area contributed by atoms with Crippen LogP contribution in [0.2, 0.25) is 5.02 Å². The predicted molar refractivity (Wildman–Crippen MR) is 111 cm³/mol. The maximum absolute atomic E-state index is 14.5. The topological polar surface area (TPSA) is 76.3 Å². The standard InChI is InChI=1S/C19H25ClFN3O2S2/c20-16-9-18(28(25,26)13-19-23-5-7-27-19)17(21)8-15(16)4-2-1-3-6-24-11-14(10-22)12-24/h5,7-9,14H,1-4,6,10-13,22H2. The average molecular weight is 446 g/mol. The molecule has 0 saturated carbocycles. The predicted octanol–water partition coefficient (Wildman–Crippen LogP) is 3.51. The Labute approximate surface area is 174 Å². The summed E-state index contributed by atoms with van der Waals surface area (Å²) in [5, 5.41) is 2.42. The summed E-state index contributed by atoms with van der Waals surface area (Å²) in [6, 6.07) is 2.50. The van der Waals surface area contributed by atoms with Crippen molar-refractivity contribution in [3.05, 3.63) is 45.1 Å². The molecular weight excluding hydrogens is 421 g/mol. The average Bonchev–Trinajstić information content (AvgIpc) is 3.10. The minimum atomic E-state index is -3.82. The molecule has 1 aromatic heterocycles. The van der Waals surface area contributed by atoms with Gasteiger partial charge in [-0.15, -0.1) is 11.3 Å². The van der Waals surface area contributed by atoms with Crippen molar-refractivity contribution >= 4 is 32.8 Å². The lowest BCUT2D eigenvalue weighted by atomic mass is 10.00. The van der Waals surface area contributed by atoms with Crippen LogP contribution in [0, 0.1) is 11.7 Å². The third-order valence-electron chi connectivity index (χ3n) is 5.02. The van der Waals surface area contributed by atoms with Gasteiger partial charge in [0, 0.05) is 29.7 Å². The monoisotopic (exact) mass is 445 g/mol. The van der Waals surface area contributed by atoms with E-state index in [0.717, 1.165) is 45.4 Å². The van der Waals surface area contributed by atoms with Crippen LogP contribution in [-0.2, 0) is 22.0 Å². The van der Waals surface area contributed by atoms with E-state index in [1.165, 1.54) is 29.7 Å². The van der Waals surface area contributed by atoms with E-state index in [1.807, 2.05) is 0 Å². The highest BCUT2D eigenvalue weighted by Crippen LogP contribution is 2.28. The van der Waals surface area contributed by atoms with E-state index < -0.39 is 15.7 Å². The summed E-state index contributed by atoms with van der Waals surface area (Å²) in [7, 11) is -3.82. The lowest BCUT2D eigenvalue weighted by Crippen LogP contribution is -2.49. The lowest BCUT2D eigenvalue weighted by molar-refractivity contribution is 0.104. The summed E-state index contributed by atoms with van der Waals surface area (Å²) in [5.41, 5.74) is 6.28. The number of rotatable bonds is 10. The summed E-state index contributed by atoms with van der Waals surface area (Å²) in [5.74, 6) is -0.421. The molecule has 0 aliphatic carbocycles. The molecule has 154 valence electrons. The Bertz CT molecular complexity index is 885. The maximum atomic E-state index is 14.5. The number of aryl methyl sites for hydroxylation is 1. The van der Waals surface area contributed by atoms with Crippen molar-refractivity contribution in [2.75, 3.05) is 26.2 Å². The molecule has 3 rings (SSSR count).